The number of nitrogens with zero attached hydrogens (tertiary/aromatic N) is 3. The van der Waals surface area contributed by atoms with Crippen molar-refractivity contribution >= 4 is 17.6 Å². The first-order valence-corrected chi connectivity index (χ1v) is 7.21. The fourth-order valence-electron chi connectivity index (χ4n) is 1.94. The molecule has 2 aromatic heterocycles. The van der Waals surface area contributed by atoms with E-state index in [0.717, 1.165) is 0 Å². The predicted molar refractivity (Wildman–Crippen MR) is 83.4 cm³/mol. The van der Waals surface area contributed by atoms with Gasteiger partial charge in [0.05, 0.1) is 5.69 Å². The molecule has 9 heteroatoms. The molecule has 9 nitrogen and oxygen atoms in total. The predicted octanol–water partition coefficient (Wildman–Crippen LogP) is -0.0990. The molecule has 2 amide bonds. The molecule has 0 saturated heterocycles. The van der Waals surface area contributed by atoms with Crippen LogP contribution in [-0.4, -0.2) is 38.1 Å². The number of hydrogen-bond donors (Lipinski definition) is 3. The SMILES string of the molecule is CCNC(=O)C(=O)Nc1cc(C)nn1-c1nc(CC)cc(=O)[nH]1. The van der Waals surface area contributed by atoms with Gasteiger partial charge in [-0.05, 0) is 20.3 Å². The Hall–Kier alpha value is -2.97. The van der Waals surface area contributed by atoms with E-state index >= 15 is 0 Å². The smallest absolute Gasteiger partial charge is 0.314 e. The van der Waals surface area contributed by atoms with Crippen LogP contribution in [0.2, 0.25) is 0 Å². The molecule has 0 spiro atoms. The van der Waals surface area contributed by atoms with Crippen molar-refractivity contribution in [3.63, 3.8) is 0 Å². The number of carbonyl (C=O) groups is 2. The summed E-state index contributed by atoms with van der Waals surface area (Å²) in [6.45, 7) is 5.65. The highest BCUT2D eigenvalue weighted by Crippen LogP contribution is 2.13. The molecule has 0 aromatic carbocycles. The van der Waals surface area contributed by atoms with Crippen LogP contribution in [0.1, 0.15) is 25.2 Å². The molecule has 0 saturated carbocycles. The van der Waals surface area contributed by atoms with Gasteiger partial charge in [0.2, 0.25) is 5.95 Å². The van der Waals surface area contributed by atoms with E-state index in [-0.39, 0.29) is 17.3 Å². The molecule has 0 radical (unpaired) electrons. The molecule has 122 valence electrons. The first kappa shape index (κ1) is 16.4. The second kappa shape index (κ2) is 6.86. The molecule has 2 rings (SSSR count). The maximum atomic E-state index is 11.8. The number of aryl methyl sites for hydroxylation is 2. The lowest BCUT2D eigenvalue weighted by molar-refractivity contribution is -0.136. The second-order valence-corrected chi connectivity index (χ2v) is 4.81. The average Bonchev–Trinajstić information content (AvgIpc) is 2.87. The minimum absolute atomic E-state index is 0.175. The van der Waals surface area contributed by atoms with Gasteiger partial charge in [0, 0.05) is 24.4 Å². The molecule has 0 bridgehead atoms. The van der Waals surface area contributed by atoms with Crippen molar-refractivity contribution in [2.75, 3.05) is 11.9 Å². The van der Waals surface area contributed by atoms with Crippen molar-refractivity contribution in [3.8, 4) is 5.95 Å². The van der Waals surface area contributed by atoms with Crippen LogP contribution in [0.15, 0.2) is 16.9 Å². The molecule has 0 aliphatic rings. The third-order valence-corrected chi connectivity index (χ3v) is 2.96. The molecule has 0 atom stereocenters. The van der Waals surface area contributed by atoms with Gasteiger partial charge >= 0.3 is 11.8 Å². The van der Waals surface area contributed by atoms with Crippen LogP contribution >= 0.6 is 0 Å². The molecule has 0 aliphatic carbocycles. The van der Waals surface area contributed by atoms with Crippen LogP contribution in [0.5, 0.6) is 0 Å². The molecule has 3 N–H and O–H groups in total. The number of hydrogen-bond acceptors (Lipinski definition) is 5. The van der Waals surface area contributed by atoms with Gasteiger partial charge < -0.3 is 10.6 Å². The normalized spacial score (nSPS) is 10.4. The van der Waals surface area contributed by atoms with Gasteiger partial charge in [-0.1, -0.05) is 6.92 Å². The molecule has 0 fully saturated rings. The molecular formula is C14H18N6O3. The van der Waals surface area contributed by atoms with Crippen molar-refractivity contribution in [1.29, 1.82) is 0 Å². The van der Waals surface area contributed by atoms with Crippen LogP contribution < -0.4 is 16.2 Å². The lowest BCUT2D eigenvalue weighted by Gasteiger charge is -2.08. The molecule has 2 heterocycles. The first-order valence-electron chi connectivity index (χ1n) is 7.21. The summed E-state index contributed by atoms with van der Waals surface area (Å²) >= 11 is 0. The van der Waals surface area contributed by atoms with Crippen LogP contribution in [0.4, 0.5) is 5.82 Å². The fraction of sp³-hybridized carbons (Fsp3) is 0.357. The lowest BCUT2D eigenvalue weighted by Crippen LogP contribution is -2.35. The quantitative estimate of drug-likeness (QED) is 0.680. The van der Waals surface area contributed by atoms with Gasteiger partial charge in [-0.25, -0.2) is 4.98 Å². The summed E-state index contributed by atoms with van der Waals surface area (Å²) in [5, 5.41) is 9.06. The number of aromatic amines is 1. The van der Waals surface area contributed by atoms with Gasteiger partial charge in [-0.3, -0.25) is 19.4 Å². The third-order valence-electron chi connectivity index (χ3n) is 2.96. The van der Waals surface area contributed by atoms with Crippen molar-refractivity contribution in [2.45, 2.75) is 27.2 Å². The van der Waals surface area contributed by atoms with E-state index in [1.807, 2.05) is 6.92 Å². The Balaban J connectivity index is 2.38. The summed E-state index contributed by atoms with van der Waals surface area (Å²) in [7, 11) is 0. The van der Waals surface area contributed by atoms with Crippen molar-refractivity contribution < 1.29 is 9.59 Å². The van der Waals surface area contributed by atoms with Crippen molar-refractivity contribution in [3.05, 3.63) is 33.9 Å². The summed E-state index contributed by atoms with van der Waals surface area (Å²) in [6.07, 6.45) is 0.581. The Bertz CT molecular complexity index is 792. The van der Waals surface area contributed by atoms with E-state index in [1.54, 1.807) is 19.9 Å². The largest absolute Gasteiger partial charge is 0.348 e. The monoisotopic (exact) mass is 318 g/mol. The van der Waals surface area contributed by atoms with E-state index in [4.69, 9.17) is 0 Å². The van der Waals surface area contributed by atoms with E-state index in [0.29, 0.717) is 24.4 Å². The number of amides is 2. The van der Waals surface area contributed by atoms with Crippen molar-refractivity contribution in [1.82, 2.24) is 25.1 Å². The van der Waals surface area contributed by atoms with E-state index in [1.165, 1.54) is 10.7 Å². The molecule has 2 aromatic rings. The molecular weight excluding hydrogens is 300 g/mol. The first-order chi connectivity index (χ1) is 10.9. The lowest BCUT2D eigenvalue weighted by atomic mass is 10.3. The fourth-order valence-corrected chi connectivity index (χ4v) is 1.94. The van der Waals surface area contributed by atoms with E-state index < -0.39 is 11.8 Å². The molecule has 0 aliphatic heterocycles. The highest BCUT2D eigenvalue weighted by atomic mass is 16.2. The van der Waals surface area contributed by atoms with Gasteiger partial charge in [0.1, 0.15) is 5.82 Å². The Morgan fingerprint density at radius 3 is 2.65 bits per heavy atom. The standard InChI is InChI=1S/C14H18N6O3/c1-4-9-7-11(21)18-14(16-9)20-10(6-8(3)19-20)17-13(23)12(22)15-5-2/h6-7H,4-5H2,1-3H3,(H,15,22)(H,17,23)(H,16,18,21). The summed E-state index contributed by atoms with van der Waals surface area (Å²) in [5.74, 6) is -1.15. The van der Waals surface area contributed by atoms with Crippen molar-refractivity contribution in [2.24, 2.45) is 0 Å². The highest BCUT2D eigenvalue weighted by molar-refractivity contribution is 6.39. The summed E-state index contributed by atoms with van der Waals surface area (Å²) < 4.78 is 1.28. The number of carbonyl (C=O) groups excluding carboxylic acids is 2. The van der Waals surface area contributed by atoms with Gasteiger partial charge in [-0.2, -0.15) is 9.78 Å². The second-order valence-electron chi connectivity index (χ2n) is 4.81. The summed E-state index contributed by atoms with van der Waals surface area (Å²) in [6, 6.07) is 2.97. The number of H-pyrrole nitrogens is 1. The zero-order valence-electron chi connectivity index (χ0n) is 13.1. The van der Waals surface area contributed by atoms with Gasteiger partial charge in [-0.15, -0.1) is 0 Å². The van der Waals surface area contributed by atoms with Crippen LogP contribution in [0.3, 0.4) is 0 Å². The van der Waals surface area contributed by atoms with E-state index in [9.17, 15) is 14.4 Å². The number of nitrogens with one attached hydrogen (secondary N) is 3. The summed E-state index contributed by atoms with van der Waals surface area (Å²) in [5.41, 5.74) is 0.875. The Morgan fingerprint density at radius 2 is 2.00 bits per heavy atom. The zero-order chi connectivity index (χ0) is 17.0. The van der Waals surface area contributed by atoms with E-state index in [2.05, 4.69) is 25.7 Å². The third kappa shape index (κ3) is 3.82. The molecule has 23 heavy (non-hydrogen) atoms. The minimum Gasteiger partial charge on any atom is -0.348 e. The van der Waals surface area contributed by atoms with Gasteiger partial charge in [0.25, 0.3) is 5.56 Å². The highest BCUT2D eigenvalue weighted by Gasteiger charge is 2.17. The average molecular weight is 318 g/mol. The van der Waals surface area contributed by atoms with Crippen LogP contribution in [-0.2, 0) is 16.0 Å². The Labute approximate surface area is 132 Å². The number of rotatable bonds is 4. The topological polar surface area (TPSA) is 122 Å². The number of anilines is 1. The maximum absolute atomic E-state index is 11.8. The van der Waals surface area contributed by atoms with Crippen LogP contribution in [0, 0.1) is 6.92 Å². The molecule has 0 unspecified atom stereocenters. The summed E-state index contributed by atoms with van der Waals surface area (Å²) in [4.78, 5) is 41.9. The minimum atomic E-state index is -0.818. The Kier molecular flexibility index (Phi) is 4.89. The zero-order valence-corrected chi connectivity index (χ0v) is 13.1. The maximum Gasteiger partial charge on any atom is 0.314 e. The Morgan fingerprint density at radius 1 is 1.26 bits per heavy atom. The number of aromatic nitrogens is 4. The van der Waals surface area contributed by atoms with Crippen LogP contribution in [0.25, 0.3) is 5.95 Å². The van der Waals surface area contributed by atoms with Gasteiger partial charge in [0.15, 0.2) is 0 Å². The number of likely N-dealkylation sites (N-methyl/N-ethyl adjacent to an activating group) is 1.